The van der Waals surface area contributed by atoms with E-state index < -0.39 is 12.1 Å². The largest absolute Gasteiger partial charge is 0.573 e. The first kappa shape index (κ1) is 20.4. The number of fused-ring (bicyclic) bond motifs is 1. The minimum absolute atomic E-state index is 0.109. The Labute approximate surface area is 171 Å². The van der Waals surface area contributed by atoms with Gasteiger partial charge in [-0.15, -0.1) is 13.2 Å². The zero-order valence-electron chi connectivity index (χ0n) is 16.5. The lowest BCUT2D eigenvalue weighted by Crippen LogP contribution is -2.35. The third kappa shape index (κ3) is 4.33. The van der Waals surface area contributed by atoms with Crippen LogP contribution in [0.3, 0.4) is 0 Å². The van der Waals surface area contributed by atoms with Crippen molar-refractivity contribution in [1.29, 1.82) is 0 Å². The standard InChI is InChI=1S/C22H22F3N3O2/c1-14-5-2-3-7-17(14)20-27-19-9-8-16(30-22(23,24)25)11-18(19)21(29)28(20)13-15-6-4-10-26-12-15/h2-3,5,7-9,11,15,26H,4,6,10,12-13H2,1H3. The molecule has 0 amide bonds. The van der Waals surface area contributed by atoms with Crippen LogP contribution in [0.1, 0.15) is 18.4 Å². The summed E-state index contributed by atoms with van der Waals surface area (Å²) < 4.78 is 43.5. The lowest BCUT2D eigenvalue weighted by molar-refractivity contribution is -0.274. The first-order chi connectivity index (χ1) is 14.3. The van der Waals surface area contributed by atoms with Gasteiger partial charge >= 0.3 is 6.36 Å². The predicted molar refractivity (Wildman–Crippen MR) is 108 cm³/mol. The van der Waals surface area contributed by atoms with Gasteiger partial charge in [0.25, 0.3) is 5.56 Å². The molecule has 1 atom stereocenters. The molecule has 2 heterocycles. The van der Waals surface area contributed by atoms with E-state index in [-0.39, 0.29) is 16.9 Å². The highest BCUT2D eigenvalue weighted by Crippen LogP contribution is 2.28. The lowest BCUT2D eigenvalue weighted by atomic mass is 9.99. The molecule has 3 aromatic rings. The van der Waals surface area contributed by atoms with E-state index in [0.29, 0.717) is 17.9 Å². The summed E-state index contributed by atoms with van der Waals surface area (Å²) in [4.78, 5) is 18.1. The van der Waals surface area contributed by atoms with Gasteiger partial charge in [0.2, 0.25) is 0 Å². The molecule has 158 valence electrons. The van der Waals surface area contributed by atoms with E-state index in [9.17, 15) is 18.0 Å². The Hall–Kier alpha value is -2.87. The van der Waals surface area contributed by atoms with Crippen LogP contribution in [-0.2, 0) is 6.54 Å². The van der Waals surface area contributed by atoms with Gasteiger partial charge in [0.05, 0.1) is 10.9 Å². The molecular formula is C22H22F3N3O2. The summed E-state index contributed by atoms with van der Waals surface area (Å²) in [6.07, 6.45) is -2.83. The zero-order valence-corrected chi connectivity index (χ0v) is 16.5. The van der Waals surface area contributed by atoms with Crippen molar-refractivity contribution in [2.75, 3.05) is 13.1 Å². The van der Waals surface area contributed by atoms with Crippen molar-refractivity contribution < 1.29 is 17.9 Å². The van der Waals surface area contributed by atoms with E-state index in [2.05, 4.69) is 15.0 Å². The third-order valence-electron chi connectivity index (χ3n) is 5.38. The Balaban J connectivity index is 1.88. The minimum atomic E-state index is -4.82. The van der Waals surface area contributed by atoms with Crippen LogP contribution in [0, 0.1) is 12.8 Å². The Morgan fingerprint density at radius 3 is 2.73 bits per heavy atom. The fourth-order valence-electron chi connectivity index (χ4n) is 3.93. The second kappa shape index (κ2) is 8.10. The molecule has 1 fully saturated rings. The number of nitrogens with one attached hydrogen (secondary N) is 1. The van der Waals surface area contributed by atoms with Crippen molar-refractivity contribution in [2.45, 2.75) is 32.7 Å². The molecular weight excluding hydrogens is 395 g/mol. The average molecular weight is 417 g/mol. The highest BCUT2D eigenvalue weighted by molar-refractivity contribution is 5.81. The van der Waals surface area contributed by atoms with Crippen LogP contribution in [0.25, 0.3) is 22.3 Å². The summed E-state index contributed by atoms with van der Waals surface area (Å²) in [5, 5.41) is 3.45. The Kier molecular flexibility index (Phi) is 5.51. The molecule has 1 aliphatic heterocycles. The molecule has 2 aromatic carbocycles. The lowest BCUT2D eigenvalue weighted by Gasteiger charge is -2.25. The summed E-state index contributed by atoms with van der Waals surface area (Å²) in [5.74, 6) is 0.345. The van der Waals surface area contributed by atoms with E-state index in [1.54, 1.807) is 4.57 Å². The predicted octanol–water partition coefficient (Wildman–Crippen LogP) is 4.27. The van der Waals surface area contributed by atoms with E-state index >= 15 is 0 Å². The molecule has 8 heteroatoms. The number of piperidine rings is 1. The molecule has 1 aromatic heterocycles. The van der Waals surface area contributed by atoms with Gasteiger partial charge in [-0.2, -0.15) is 0 Å². The van der Waals surface area contributed by atoms with Gasteiger partial charge in [0, 0.05) is 12.1 Å². The second-order valence-electron chi connectivity index (χ2n) is 7.61. The number of hydrogen-bond acceptors (Lipinski definition) is 4. The van der Waals surface area contributed by atoms with E-state index in [0.717, 1.165) is 43.1 Å². The van der Waals surface area contributed by atoms with E-state index in [1.807, 2.05) is 31.2 Å². The zero-order chi connectivity index (χ0) is 21.3. The van der Waals surface area contributed by atoms with Gasteiger partial charge in [0.1, 0.15) is 11.6 Å². The summed E-state index contributed by atoms with van der Waals surface area (Å²) >= 11 is 0. The monoisotopic (exact) mass is 417 g/mol. The summed E-state index contributed by atoms with van der Waals surface area (Å²) in [6, 6.07) is 11.3. The molecule has 0 radical (unpaired) electrons. The first-order valence-electron chi connectivity index (χ1n) is 9.89. The smallest absolute Gasteiger partial charge is 0.406 e. The van der Waals surface area contributed by atoms with Gasteiger partial charge in [-0.1, -0.05) is 24.3 Å². The molecule has 1 unspecified atom stereocenters. The maximum Gasteiger partial charge on any atom is 0.573 e. The van der Waals surface area contributed by atoms with Crippen molar-refractivity contribution in [3.8, 4) is 17.1 Å². The topological polar surface area (TPSA) is 56.1 Å². The summed E-state index contributed by atoms with van der Waals surface area (Å²) in [5.41, 5.74) is 1.77. The molecule has 1 N–H and O–H groups in total. The van der Waals surface area contributed by atoms with Crippen molar-refractivity contribution in [1.82, 2.24) is 14.9 Å². The number of hydrogen-bond donors (Lipinski definition) is 1. The van der Waals surface area contributed by atoms with Gasteiger partial charge in [-0.25, -0.2) is 4.98 Å². The quantitative estimate of drug-likeness (QED) is 0.689. The fraction of sp³-hybridized carbons (Fsp3) is 0.364. The molecule has 4 rings (SSSR count). The maximum atomic E-state index is 13.4. The van der Waals surface area contributed by atoms with Crippen molar-refractivity contribution >= 4 is 10.9 Å². The van der Waals surface area contributed by atoms with Crippen LogP contribution < -0.4 is 15.6 Å². The van der Waals surface area contributed by atoms with Gasteiger partial charge in [-0.05, 0) is 62.5 Å². The molecule has 30 heavy (non-hydrogen) atoms. The summed E-state index contributed by atoms with van der Waals surface area (Å²) in [7, 11) is 0. The van der Waals surface area contributed by atoms with Crippen LogP contribution in [0.4, 0.5) is 13.2 Å². The number of nitrogens with zero attached hydrogens (tertiary/aromatic N) is 2. The number of alkyl halides is 3. The maximum absolute atomic E-state index is 13.4. The number of halogens is 3. The number of aromatic nitrogens is 2. The van der Waals surface area contributed by atoms with Gasteiger partial charge in [0.15, 0.2) is 0 Å². The SMILES string of the molecule is Cc1ccccc1-c1nc2ccc(OC(F)(F)F)cc2c(=O)n1CC1CCCNC1. The molecule has 1 aliphatic rings. The number of rotatable bonds is 4. The molecule has 0 spiro atoms. The number of ether oxygens (including phenoxy) is 1. The highest BCUT2D eigenvalue weighted by Gasteiger charge is 2.31. The second-order valence-corrected chi connectivity index (χ2v) is 7.61. The first-order valence-corrected chi connectivity index (χ1v) is 9.89. The third-order valence-corrected chi connectivity index (χ3v) is 5.38. The number of benzene rings is 2. The molecule has 0 aliphatic carbocycles. The van der Waals surface area contributed by atoms with Crippen LogP contribution in [0.5, 0.6) is 5.75 Å². The van der Waals surface area contributed by atoms with Crippen LogP contribution >= 0.6 is 0 Å². The van der Waals surface area contributed by atoms with Gasteiger partial charge < -0.3 is 10.1 Å². The highest BCUT2D eigenvalue weighted by atomic mass is 19.4. The normalized spacial score (nSPS) is 17.3. The van der Waals surface area contributed by atoms with Crippen LogP contribution in [0.15, 0.2) is 47.3 Å². The molecule has 0 bridgehead atoms. The van der Waals surface area contributed by atoms with Crippen molar-refractivity contribution in [2.24, 2.45) is 5.92 Å². The molecule has 5 nitrogen and oxygen atoms in total. The Bertz CT molecular complexity index is 1120. The molecule has 1 saturated heterocycles. The Morgan fingerprint density at radius 2 is 2.03 bits per heavy atom. The molecule has 0 saturated carbocycles. The van der Waals surface area contributed by atoms with E-state index in [4.69, 9.17) is 0 Å². The van der Waals surface area contributed by atoms with Crippen LogP contribution in [0.2, 0.25) is 0 Å². The number of aryl methyl sites for hydroxylation is 1. The van der Waals surface area contributed by atoms with E-state index in [1.165, 1.54) is 12.1 Å². The fourth-order valence-corrected chi connectivity index (χ4v) is 3.93. The summed E-state index contributed by atoms with van der Waals surface area (Å²) in [6.45, 7) is 4.13. The Morgan fingerprint density at radius 1 is 1.23 bits per heavy atom. The minimum Gasteiger partial charge on any atom is -0.406 e. The van der Waals surface area contributed by atoms with Gasteiger partial charge in [-0.3, -0.25) is 9.36 Å². The van der Waals surface area contributed by atoms with Crippen LogP contribution in [-0.4, -0.2) is 29.0 Å². The van der Waals surface area contributed by atoms with Crippen molar-refractivity contribution in [3.05, 3.63) is 58.4 Å². The van der Waals surface area contributed by atoms with Crippen molar-refractivity contribution in [3.63, 3.8) is 0 Å². The average Bonchev–Trinajstić information content (AvgIpc) is 2.70.